The average molecular weight is 379 g/mol. The van der Waals surface area contributed by atoms with Crippen molar-refractivity contribution >= 4 is 27.5 Å². The highest BCUT2D eigenvalue weighted by Crippen LogP contribution is 2.31. The number of nitrogens with one attached hydrogen (secondary N) is 1. The Kier molecular flexibility index (Phi) is 5.30. The van der Waals surface area contributed by atoms with Crippen molar-refractivity contribution in [2.75, 3.05) is 6.54 Å². The summed E-state index contributed by atoms with van der Waals surface area (Å²) >= 11 is 9.29. The molecule has 0 spiro atoms. The first-order valence-electron chi connectivity index (χ1n) is 6.26. The molecule has 0 heterocycles. The summed E-state index contributed by atoms with van der Waals surface area (Å²) < 4.78 is 41.7. The van der Waals surface area contributed by atoms with Gasteiger partial charge in [-0.05, 0) is 40.2 Å². The summed E-state index contributed by atoms with van der Waals surface area (Å²) in [7, 11) is 0. The molecule has 0 amide bonds. The topological polar surface area (TPSA) is 12.0 Å². The highest BCUT2D eigenvalue weighted by atomic mass is 79.9. The third-order valence-electron chi connectivity index (χ3n) is 3.02. The molecule has 1 nitrogen and oxygen atoms in total. The van der Waals surface area contributed by atoms with E-state index in [1.807, 2.05) is 6.92 Å². The summed E-state index contributed by atoms with van der Waals surface area (Å²) in [5.41, 5.74) is 0.367. The van der Waals surface area contributed by atoms with Crippen LogP contribution in [0, 0.1) is 17.5 Å². The van der Waals surface area contributed by atoms with Crippen molar-refractivity contribution in [1.29, 1.82) is 0 Å². The van der Waals surface area contributed by atoms with Crippen molar-refractivity contribution in [2.45, 2.75) is 13.0 Å². The van der Waals surface area contributed by atoms with Gasteiger partial charge in [-0.25, -0.2) is 13.2 Å². The molecule has 6 heteroatoms. The van der Waals surface area contributed by atoms with E-state index in [-0.39, 0.29) is 5.56 Å². The van der Waals surface area contributed by atoms with Crippen LogP contribution >= 0.6 is 27.5 Å². The molecule has 2 aromatic carbocycles. The van der Waals surface area contributed by atoms with E-state index in [1.165, 1.54) is 0 Å². The number of benzene rings is 2. The van der Waals surface area contributed by atoms with Crippen molar-refractivity contribution in [3.05, 3.63) is 68.4 Å². The summed E-state index contributed by atoms with van der Waals surface area (Å²) in [6, 6.07) is 5.60. The molecule has 1 unspecified atom stereocenters. The van der Waals surface area contributed by atoms with Gasteiger partial charge in [-0.15, -0.1) is 0 Å². The molecule has 0 bridgehead atoms. The molecule has 1 atom stereocenters. The first kappa shape index (κ1) is 16.3. The fraction of sp³-hybridized carbons (Fsp3) is 0.200. The van der Waals surface area contributed by atoms with Crippen LogP contribution in [0.15, 0.2) is 34.8 Å². The van der Waals surface area contributed by atoms with Gasteiger partial charge in [0.25, 0.3) is 0 Å². The van der Waals surface area contributed by atoms with Crippen LogP contribution in [-0.2, 0) is 0 Å². The third-order valence-corrected chi connectivity index (χ3v) is 4.25. The Hall–Kier alpha value is -1.04. The summed E-state index contributed by atoms with van der Waals surface area (Å²) in [4.78, 5) is 0. The molecule has 21 heavy (non-hydrogen) atoms. The van der Waals surface area contributed by atoms with Crippen LogP contribution in [0.4, 0.5) is 13.2 Å². The molecule has 0 radical (unpaired) electrons. The van der Waals surface area contributed by atoms with Crippen LogP contribution in [0.25, 0.3) is 0 Å². The van der Waals surface area contributed by atoms with Gasteiger partial charge in [0.15, 0.2) is 0 Å². The highest BCUT2D eigenvalue weighted by Gasteiger charge is 2.23. The lowest BCUT2D eigenvalue weighted by atomic mass is 9.97. The monoisotopic (exact) mass is 377 g/mol. The van der Waals surface area contributed by atoms with E-state index in [0.29, 0.717) is 33.7 Å². The maximum atomic E-state index is 14.0. The molecule has 0 aliphatic rings. The minimum Gasteiger partial charge on any atom is -0.306 e. The Morgan fingerprint density at radius 3 is 2.29 bits per heavy atom. The van der Waals surface area contributed by atoms with Gasteiger partial charge in [-0.2, -0.15) is 0 Å². The van der Waals surface area contributed by atoms with Gasteiger partial charge in [0.2, 0.25) is 0 Å². The number of halogens is 5. The minimum absolute atomic E-state index is 0.225. The van der Waals surface area contributed by atoms with Crippen molar-refractivity contribution in [3.63, 3.8) is 0 Å². The van der Waals surface area contributed by atoms with Crippen LogP contribution in [0.3, 0.4) is 0 Å². The molecule has 0 aromatic heterocycles. The lowest BCUT2D eigenvalue weighted by Gasteiger charge is -2.20. The zero-order valence-electron chi connectivity index (χ0n) is 11.1. The van der Waals surface area contributed by atoms with Crippen LogP contribution in [-0.4, -0.2) is 6.54 Å². The quantitative estimate of drug-likeness (QED) is 0.769. The Labute approximate surface area is 134 Å². The predicted molar refractivity (Wildman–Crippen MR) is 81.0 cm³/mol. The van der Waals surface area contributed by atoms with Gasteiger partial charge in [-0.1, -0.05) is 24.6 Å². The third kappa shape index (κ3) is 3.59. The van der Waals surface area contributed by atoms with Crippen LogP contribution in [0.5, 0.6) is 0 Å². The van der Waals surface area contributed by atoms with Gasteiger partial charge >= 0.3 is 0 Å². The maximum absolute atomic E-state index is 14.0. The molecular formula is C15H12BrClF3N. The van der Waals surface area contributed by atoms with Crippen molar-refractivity contribution in [1.82, 2.24) is 5.32 Å². The van der Waals surface area contributed by atoms with E-state index in [2.05, 4.69) is 21.2 Å². The molecule has 0 aliphatic carbocycles. The van der Waals surface area contributed by atoms with Crippen molar-refractivity contribution < 1.29 is 13.2 Å². The van der Waals surface area contributed by atoms with Crippen molar-refractivity contribution in [2.24, 2.45) is 0 Å². The molecule has 0 saturated carbocycles. The van der Waals surface area contributed by atoms with Gasteiger partial charge in [0.1, 0.15) is 17.5 Å². The zero-order chi connectivity index (χ0) is 15.6. The molecule has 112 valence electrons. The SMILES string of the molecule is CCNC(c1ccc(Br)c(Cl)c1)c1c(F)cc(F)cc1F. The van der Waals surface area contributed by atoms with Crippen LogP contribution < -0.4 is 5.32 Å². The predicted octanol–water partition coefficient (Wildman–Crippen LogP) is 5.22. The summed E-state index contributed by atoms with van der Waals surface area (Å²) in [5.74, 6) is -2.81. The normalized spacial score (nSPS) is 12.5. The van der Waals surface area contributed by atoms with E-state index in [4.69, 9.17) is 11.6 Å². The molecule has 2 rings (SSSR count). The molecule has 0 aliphatic heterocycles. The van der Waals surface area contributed by atoms with Crippen LogP contribution in [0.1, 0.15) is 24.1 Å². The second kappa shape index (κ2) is 6.81. The maximum Gasteiger partial charge on any atom is 0.134 e. The van der Waals surface area contributed by atoms with Crippen LogP contribution in [0.2, 0.25) is 5.02 Å². The fourth-order valence-electron chi connectivity index (χ4n) is 2.11. The molecular weight excluding hydrogens is 367 g/mol. The highest BCUT2D eigenvalue weighted by molar-refractivity contribution is 9.10. The Morgan fingerprint density at radius 1 is 1.14 bits per heavy atom. The van der Waals surface area contributed by atoms with E-state index >= 15 is 0 Å². The average Bonchev–Trinajstić information content (AvgIpc) is 2.40. The summed E-state index contributed by atoms with van der Waals surface area (Å²) in [6.07, 6.45) is 0. The summed E-state index contributed by atoms with van der Waals surface area (Å²) in [6.45, 7) is 2.29. The first-order chi connectivity index (χ1) is 9.93. The van der Waals surface area contributed by atoms with E-state index < -0.39 is 23.5 Å². The van der Waals surface area contributed by atoms with E-state index in [1.54, 1.807) is 18.2 Å². The standard InChI is InChI=1S/C15H12BrClF3N/c1-2-21-15(8-3-4-10(16)11(17)5-8)14-12(19)6-9(18)7-13(14)20/h3-7,15,21H,2H2,1H3. The first-order valence-corrected chi connectivity index (χ1v) is 7.44. The molecule has 0 fully saturated rings. The van der Waals surface area contributed by atoms with Gasteiger partial charge in [0, 0.05) is 22.2 Å². The second-order valence-electron chi connectivity index (χ2n) is 4.45. The largest absolute Gasteiger partial charge is 0.306 e. The van der Waals surface area contributed by atoms with Crippen molar-refractivity contribution in [3.8, 4) is 0 Å². The Balaban J connectivity index is 2.55. The minimum atomic E-state index is -0.946. The number of hydrogen-bond donors (Lipinski definition) is 1. The molecule has 0 saturated heterocycles. The Morgan fingerprint density at radius 2 is 1.76 bits per heavy atom. The summed E-state index contributed by atoms with van der Waals surface area (Å²) in [5, 5.41) is 3.42. The second-order valence-corrected chi connectivity index (χ2v) is 5.71. The smallest absolute Gasteiger partial charge is 0.134 e. The number of hydrogen-bond acceptors (Lipinski definition) is 1. The molecule has 2 aromatic rings. The van der Waals surface area contributed by atoms with Gasteiger partial charge in [0.05, 0.1) is 11.1 Å². The zero-order valence-corrected chi connectivity index (χ0v) is 13.4. The number of rotatable bonds is 4. The van der Waals surface area contributed by atoms with E-state index in [0.717, 1.165) is 0 Å². The lowest BCUT2D eigenvalue weighted by Crippen LogP contribution is -2.24. The lowest BCUT2D eigenvalue weighted by molar-refractivity contribution is 0.492. The molecule has 1 N–H and O–H groups in total. The van der Waals surface area contributed by atoms with E-state index in [9.17, 15) is 13.2 Å². The fourth-order valence-corrected chi connectivity index (χ4v) is 2.55. The van der Waals surface area contributed by atoms with Gasteiger partial charge < -0.3 is 5.32 Å². The van der Waals surface area contributed by atoms with Gasteiger partial charge in [-0.3, -0.25) is 0 Å². The Bertz CT molecular complexity index is 640.